The van der Waals surface area contributed by atoms with Crippen molar-refractivity contribution in [3.63, 3.8) is 0 Å². The van der Waals surface area contributed by atoms with Gasteiger partial charge in [-0.3, -0.25) is 4.98 Å². The van der Waals surface area contributed by atoms with Crippen LogP contribution < -0.4 is 16.3 Å². The van der Waals surface area contributed by atoms with E-state index in [-0.39, 0.29) is 11.7 Å². The third-order valence-electron chi connectivity index (χ3n) is 5.82. The molecule has 0 amide bonds. The van der Waals surface area contributed by atoms with E-state index in [0.717, 1.165) is 59.5 Å². The topological polar surface area (TPSA) is 76.8 Å². The predicted molar refractivity (Wildman–Crippen MR) is 116 cm³/mol. The number of hydrogen-bond donors (Lipinski definition) is 1. The molecular formula is C23H24N4O2. The van der Waals surface area contributed by atoms with Crippen molar-refractivity contribution in [3.05, 3.63) is 64.5 Å². The van der Waals surface area contributed by atoms with E-state index in [1.807, 2.05) is 54.9 Å². The summed E-state index contributed by atoms with van der Waals surface area (Å²) in [6, 6.07) is 10.3. The maximum Gasteiger partial charge on any atom is 0.344 e. The number of rotatable bonds is 2. The molecule has 1 fully saturated rings. The van der Waals surface area contributed by atoms with Gasteiger partial charge >= 0.3 is 5.63 Å². The zero-order valence-corrected chi connectivity index (χ0v) is 16.7. The molecular weight excluding hydrogens is 364 g/mol. The molecule has 0 saturated carbocycles. The largest absolute Gasteiger partial charge is 0.422 e. The number of fused-ring (bicyclic) bond motifs is 2. The minimum atomic E-state index is -0.325. The van der Waals surface area contributed by atoms with Crippen molar-refractivity contribution >= 4 is 22.2 Å². The molecule has 1 aromatic carbocycles. The first kappa shape index (κ1) is 17.9. The highest BCUT2D eigenvalue weighted by Gasteiger charge is 2.18. The van der Waals surface area contributed by atoms with Gasteiger partial charge in [0.25, 0.3) is 0 Å². The smallest absolute Gasteiger partial charge is 0.344 e. The molecule has 1 saturated heterocycles. The van der Waals surface area contributed by atoms with Gasteiger partial charge in [-0.1, -0.05) is 0 Å². The maximum absolute atomic E-state index is 12.8. The molecule has 0 bridgehead atoms. The molecule has 1 aliphatic rings. The molecule has 4 heterocycles. The lowest BCUT2D eigenvalue weighted by Gasteiger charge is -2.32. The van der Waals surface area contributed by atoms with Crippen LogP contribution >= 0.6 is 0 Å². The lowest BCUT2D eigenvalue weighted by molar-refractivity contribution is 0.501. The van der Waals surface area contributed by atoms with Crippen LogP contribution in [0.4, 0.5) is 5.69 Å². The Morgan fingerprint density at radius 1 is 1.10 bits per heavy atom. The van der Waals surface area contributed by atoms with Crippen LogP contribution in [0.5, 0.6) is 0 Å². The average molecular weight is 388 g/mol. The molecule has 0 spiro atoms. The summed E-state index contributed by atoms with van der Waals surface area (Å²) in [5, 5.41) is 0.915. The summed E-state index contributed by atoms with van der Waals surface area (Å²) in [5.74, 6) is 0. The average Bonchev–Trinajstić information content (AvgIpc) is 3.11. The molecule has 4 aromatic rings. The normalized spacial score (nSPS) is 15.5. The fourth-order valence-electron chi connectivity index (χ4n) is 4.23. The number of benzene rings is 1. The monoisotopic (exact) mass is 388 g/mol. The van der Waals surface area contributed by atoms with Gasteiger partial charge in [-0.05, 0) is 51.0 Å². The van der Waals surface area contributed by atoms with Crippen molar-refractivity contribution in [1.29, 1.82) is 0 Å². The minimum absolute atomic E-state index is 0.285. The van der Waals surface area contributed by atoms with Gasteiger partial charge in [-0.2, -0.15) is 0 Å². The summed E-state index contributed by atoms with van der Waals surface area (Å²) in [6.07, 6.45) is 5.89. The van der Waals surface area contributed by atoms with Crippen molar-refractivity contribution in [2.75, 3.05) is 18.0 Å². The second-order valence-electron chi connectivity index (χ2n) is 7.98. The second-order valence-corrected chi connectivity index (χ2v) is 7.98. The Morgan fingerprint density at radius 2 is 1.90 bits per heavy atom. The number of anilines is 1. The zero-order valence-electron chi connectivity index (χ0n) is 16.7. The Hall–Kier alpha value is -3.12. The molecule has 29 heavy (non-hydrogen) atoms. The number of hydrogen-bond acceptors (Lipinski definition) is 5. The number of aryl methyl sites for hydroxylation is 2. The highest BCUT2D eigenvalue weighted by Crippen LogP contribution is 2.28. The van der Waals surface area contributed by atoms with E-state index in [4.69, 9.17) is 10.2 Å². The Kier molecular flexibility index (Phi) is 4.17. The van der Waals surface area contributed by atoms with Gasteiger partial charge in [0.05, 0.1) is 22.5 Å². The van der Waals surface area contributed by atoms with Crippen molar-refractivity contribution in [2.45, 2.75) is 32.7 Å². The van der Waals surface area contributed by atoms with E-state index in [1.54, 1.807) is 0 Å². The maximum atomic E-state index is 12.8. The third-order valence-corrected chi connectivity index (χ3v) is 5.82. The fourth-order valence-corrected chi connectivity index (χ4v) is 4.23. The molecule has 0 unspecified atom stereocenters. The molecule has 1 aliphatic heterocycles. The van der Waals surface area contributed by atoms with E-state index in [2.05, 4.69) is 16.0 Å². The molecule has 3 aromatic heterocycles. The third kappa shape index (κ3) is 3.19. The van der Waals surface area contributed by atoms with E-state index in [9.17, 15) is 4.79 Å². The molecule has 0 atom stereocenters. The van der Waals surface area contributed by atoms with E-state index in [1.165, 1.54) is 0 Å². The first-order valence-corrected chi connectivity index (χ1v) is 10.0. The number of aromatic nitrogens is 2. The van der Waals surface area contributed by atoms with Crippen LogP contribution in [0.3, 0.4) is 0 Å². The molecule has 6 nitrogen and oxygen atoms in total. The molecule has 0 radical (unpaired) electrons. The van der Waals surface area contributed by atoms with Crippen LogP contribution in [0.1, 0.15) is 24.2 Å². The first-order chi connectivity index (χ1) is 14.0. The lowest BCUT2D eigenvalue weighted by Crippen LogP contribution is -2.39. The summed E-state index contributed by atoms with van der Waals surface area (Å²) in [5.41, 5.74) is 11.6. The lowest BCUT2D eigenvalue weighted by atomic mass is 10.0. The Bertz CT molecular complexity index is 1280. The quantitative estimate of drug-likeness (QED) is 0.531. The summed E-state index contributed by atoms with van der Waals surface area (Å²) < 4.78 is 7.73. The summed E-state index contributed by atoms with van der Waals surface area (Å²) in [4.78, 5) is 19.6. The first-order valence-electron chi connectivity index (χ1n) is 10.0. The van der Waals surface area contributed by atoms with Gasteiger partial charge in [0.1, 0.15) is 5.58 Å². The number of nitrogens with two attached hydrogens (primary N) is 1. The van der Waals surface area contributed by atoms with Crippen LogP contribution in [-0.4, -0.2) is 28.5 Å². The van der Waals surface area contributed by atoms with Crippen molar-refractivity contribution in [3.8, 4) is 11.1 Å². The van der Waals surface area contributed by atoms with Gasteiger partial charge < -0.3 is 19.5 Å². The second kappa shape index (κ2) is 6.74. The van der Waals surface area contributed by atoms with Crippen LogP contribution in [-0.2, 0) is 0 Å². The zero-order chi connectivity index (χ0) is 20.1. The van der Waals surface area contributed by atoms with Crippen LogP contribution in [0.2, 0.25) is 0 Å². The molecule has 148 valence electrons. The van der Waals surface area contributed by atoms with Gasteiger partial charge in [0.2, 0.25) is 0 Å². The van der Waals surface area contributed by atoms with E-state index >= 15 is 0 Å². The molecule has 5 rings (SSSR count). The highest BCUT2D eigenvalue weighted by molar-refractivity contribution is 5.85. The van der Waals surface area contributed by atoms with Gasteiger partial charge in [0, 0.05) is 54.2 Å². The van der Waals surface area contributed by atoms with Gasteiger partial charge in [-0.25, -0.2) is 4.79 Å². The van der Waals surface area contributed by atoms with E-state index in [0.29, 0.717) is 11.1 Å². The highest BCUT2D eigenvalue weighted by atomic mass is 16.4. The minimum Gasteiger partial charge on any atom is -0.422 e. The van der Waals surface area contributed by atoms with Crippen LogP contribution in [0.25, 0.3) is 27.6 Å². The molecule has 2 N–H and O–H groups in total. The summed E-state index contributed by atoms with van der Waals surface area (Å²) in [7, 11) is 0. The number of piperidine rings is 1. The van der Waals surface area contributed by atoms with Crippen molar-refractivity contribution in [2.24, 2.45) is 5.73 Å². The standard InChI is InChI=1S/C23H24N4O2/c1-14-12-27-13-17(10-21(27)15(2)25-14)20-9-16-3-4-19(11-22(16)29-23(20)28)26-7-5-18(24)6-8-26/h3-4,9-13,18H,5-8,24H2,1-2H3. The van der Waals surface area contributed by atoms with Crippen molar-refractivity contribution in [1.82, 2.24) is 9.38 Å². The Morgan fingerprint density at radius 3 is 2.69 bits per heavy atom. The molecule has 0 aliphatic carbocycles. The fraction of sp³-hybridized carbons (Fsp3) is 0.304. The van der Waals surface area contributed by atoms with Gasteiger partial charge in [0.15, 0.2) is 0 Å². The Labute approximate surface area is 168 Å². The summed E-state index contributed by atoms with van der Waals surface area (Å²) >= 11 is 0. The predicted octanol–water partition coefficient (Wildman–Crippen LogP) is 3.65. The molecule has 6 heteroatoms. The van der Waals surface area contributed by atoms with Gasteiger partial charge in [-0.15, -0.1) is 0 Å². The van der Waals surface area contributed by atoms with Crippen LogP contribution in [0.15, 0.2) is 51.9 Å². The van der Waals surface area contributed by atoms with E-state index < -0.39 is 0 Å². The Balaban J connectivity index is 1.56. The van der Waals surface area contributed by atoms with Crippen LogP contribution in [0, 0.1) is 13.8 Å². The SMILES string of the molecule is Cc1cn2cc(-c3cc4ccc(N5CCC(N)CC5)cc4oc3=O)cc2c(C)n1. The number of nitrogens with zero attached hydrogens (tertiary/aromatic N) is 3. The summed E-state index contributed by atoms with van der Waals surface area (Å²) in [6.45, 7) is 5.80. The van der Waals surface area contributed by atoms with Crippen molar-refractivity contribution < 1.29 is 4.42 Å².